The van der Waals surface area contributed by atoms with E-state index in [1.54, 1.807) is 12.3 Å². The van der Waals surface area contributed by atoms with Gasteiger partial charge in [0.1, 0.15) is 5.82 Å². The van der Waals surface area contributed by atoms with E-state index in [1.807, 2.05) is 36.5 Å². The van der Waals surface area contributed by atoms with Crippen LogP contribution in [0.1, 0.15) is 48.2 Å². The van der Waals surface area contributed by atoms with Crippen LogP contribution in [0.15, 0.2) is 60.1 Å². The smallest absolute Gasteiger partial charge is 0.407 e. The van der Waals surface area contributed by atoms with Crippen molar-refractivity contribution in [1.29, 1.82) is 0 Å². The standard InChI is InChI=1S/C28H29FN2O2S/c1-2-33-28(32)31-24-9-10-25-21(16-24)14-19-12-13-34-27(19)26(25)11-8-23-7-6-20(17-30-23)18-4-3-5-22(29)15-18/h3-8,11-13,15,17,21,24-26H,2,9-10,14,16H2,1H3,(H,31,32)/b11-8+/t21-,24-,25-,26+/m1/s1. The number of hydrogen-bond acceptors (Lipinski definition) is 4. The second kappa shape index (κ2) is 10.1. The van der Waals surface area contributed by atoms with Crippen molar-refractivity contribution in [3.63, 3.8) is 0 Å². The Balaban J connectivity index is 1.32. The fraction of sp³-hybridized carbons (Fsp3) is 0.357. The first-order valence-electron chi connectivity index (χ1n) is 12.0. The van der Waals surface area contributed by atoms with Crippen molar-refractivity contribution in [3.05, 3.63) is 82.1 Å². The van der Waals surface area contributed by atoms with Gasteiger partial charge in [-0.25, -0.2) is 9.18 Å². The Morgan fingerprint density at radius 1 is 1.24 bits per heavy atom. The Morgan fingerprint density at radius 2 is 2.15 bits per heavy atom. The van der Waals surface area contributed by atoms with Gasteiger partial charge in [-0.1, -0.05) is 24.3 Å². The number of allylic oxidation sites excluding steroid dienone is 1. The van der Waals surface area contributed by atoms with E-state index >= 15 is 0 Å². The topological polar surface area (TPSA) is 51.2 Å². The number of carbonyl (C=O) groups is 1. The third-order valence-electron chi connectivity index (χ3n) is 7.08. The predicted octanol–water partition coefficient (Wildman–Crippen LogP) is 6.83. The molecule has 1 fully saturated rings. The number of thiophene rings is 1. The minimum atomic E-state index is -0.304. The summed E-state index contributed by atoms with van der Waals surface area (Å²) in [5.74, 6) is 1.23. The molecule has 0 spiro atoms. The first kappa shape index (κ1) is 22.8. The van der Waals surface area contributed by atoms with Crippen LogP contribution in [0, 0.1) is 17.7 Å². The highest BCUT2D eigenvalue weighted by atomic mass is 32.1. The third-order valence-corrected chi connectivity index (χ3v) is 8.14. The summed E-state index contributed by atoms with van der Waals surface area (Å²) < 4.78 is 18.6. The van der Waals surface area contributed by atoms with Crippen molar-refractivity contribution >= 4 is 23.5 Å². The zero-order valence-electron chi connectivity index (χ0n) is 19.2. The summed E-state index contributed by atoms with van der Waals surface area (Å²) in [7, 11) is 0. The van der Waals surface area contributed by atoms with E-state index in [0.29, 0.717) is 24.4 Å². The van der Waals surface area contributed by atoms with E-state index in [4.69, 9.17) is 4.74 Å². The van der Waals surface area contributed by atoms with Crippen LogP contribution < -0.4 is 5.32 Å². The molecule has 3 aromatic rings. The minimum Gasteiger partial charge on any atom is -0.450 e. The lowest BCUT2D eigenvalue weighted by molar-refractivity contribution is 0.129. The Bertz CT molecular complexity index is 1170. The van der Waals surface area contributed by atoms with Crippen LogP contribution in [0.25, 0.3) is 17.2 Å². The molecule has 2 aliphatic carbocycles. The van der Waals surface area contributed by atoms with Crippen LogP contribution in [-0.4, -0.2) is 23.7 Å². The number of pyridine rings is 1. The average Bonchev–Trinajstić information content (AvgIpc) is 3.30. The summed E-state index contributed by atoms with van der Waals surface area (Å²) in [5.41, 5.74) is 4.07. The highest BCUT2D eigenvalue weighted by Crippen LogP contribution is 2.49. The molecular formula is C28H29FN2O2S. The Morgan fingerprint density at radius 3 is 2.94 bits per heavy atom. The van der Waals surface area contributed by atoms with Gasteiger partial charge in [-0.15, -0.1) is 11.3 Å². The van der Waals surface area contributed by atoms with Gasteiger partial charge in [-0.2, -0.15) is 0 Å². The van der Waals surface area contributed by atoms with E-state index in [9.17, 15) is 9.18 Å². The number of hydrogen-bond donors (Lipinski definition) is 1. The number of amides is 1. The Labute approximate surface area is 203 Å². The number of carbonyl (C=O) groups excluding carboxylic acids is 1. The molecular weight excluding hydrogens is 447 g/mol. The zero-order chi connectivity index (χ0) is 23.5. The van der Waals surface area contributed by atoms with Gasteiger partial charge in [0.05, 0.1) is 12.3 Å². The summed E-state index contributed by atoms with van der Waals surface area (Å²) in [4.78, 5) is 18.0. The van der Waals surface area contributed by atoms with Crippen molar-refractivity contribution in [3.8, 4) is 11.1 Å². The van der Waals surface area contributed by atoms with E-state index in [-0.39, 0.29) is 18.0 Å². The molecule has 2 aromatic heterocycles. The van der Waals surface area contributed by atoms with Gasteiger partial charge in [0.2, 0.25) is 0 Å². The number of aromatic nitrogens is 1. The quantitative estimate of drug-likeness (QED) is 0.439. The zero-order valence-corrected chi connectivity index (χ0v) is 20.1. The second-order valence-electron chi connectivity index (χ2n) is 9.18. The molecule has 0 aliphatic heterocycles. The SMILES string of the molecule is CCOC(=O)N[C@@H]1CC[C@@H]2[C@H](Cc3ccsc3[C@H]2/C=C/c2ccc(-c3cccc(F)c3)cn2)C1. The summed E-state index contributed by atoms with van der Waals surface area (Å²) in [5, 5.41) is 5.25. The largest absolute Gasteiger partial charge is 0.450 e. The number of nitrogens with one attached hydrogen (secondary N) is 1. The minimum absolute atomic E-state index is 0.183. The maximum atomic E-state index is 13.6. The molecule has 1 aromatic carbocycles. The van der Waals surface area contributed by atoms with Gasteiger partial charge in [-0.3, -0.25) is 4.98 Å². The molecule has 4 nitrogen and oxygen atoms in total. The van der Waals surface area contributed by atoms with E-state index < -0.39 is 0 Å². The Kier molecular flexibility index (Phi) is 6.77. The molecule has 0 saturated heterocycles. The van der Waals surface area contributed by atoms with Crippen LogP contribution in [0.2, 0.25) is 0 Å². The van der Waals surface area contributed by atoms with Crippen LogP contribution >= 0.6 is 11.3 Å². The molecule has 1 N–H and O–H groups in total. The number of rotatable bonds is 5. The molecule has 5 rings (SSSR count). The molecule has 2 aliphatic rings. The monoisotopic (exact) mass is 476 g/mol. The number of halogens is 1. The number of ether oxygens (including phenoxy) is 1. The molecule has 2 heterocycles. The second-order valence-corrected chi connectivity index (χ2v) is 10.1. The number of fused-ring (bicyclic) bond motifs is 2. The van der Waals surface area contributed by atoms with Crippen LogP contribution in [0.4, 0.5) is 9.18 Å². The van der Waals surface area contributed by atoms with E-state index in [1.165, 1.54) is 22.6 Å². The molecule has 6 heteroatoms. The van der Waals surface area contributed by atoms with Gasteiger partial charge < -0.3 is 10.1 Å². The van der Waals surface area contributed by atoms with Gasteiger partial charge in [0, 0.05) is 28.6 Å². The van der Waals surface area contributed by atoms with Crippen molar-refractivity contribution in [2.75, 3.05) is 6.61 Å². The van der Waals surface area contributed by atoms with Crippen molar-refractivity contribution in [2.24, 2.45) is 11.8 Å². The summed E-state index contributed by atoms with van der Waals surface area (Å²) in [6.45, 7) is 2.23. The average molecular weight is 477 g/mol. The lowest BCUT2D eigenvalue weighted by Gasteiger charge is -2.43. The maximum absolute atomic E-state index is 13.6. The lowest BCUT2D eigenvalue weighted by atomic mass is 9.64. The molecule has 176 valence electrons. The van der Waals surface area contributed by atoms with Gasteiger partial charge in [-0.05, 0) is 91.3 Å². The van der Waals surface area contributed by atoms with Gasteiger partial charge in [0.15, 0.2) is 0 Å². The summed E-state index contributed by atoms with van der Waals surface area (Å²) in [6, 6.07) is 13.0. The molecule has 0 unspecified atom stereocenters. The summed E-state index contributed by atoms with van der Waals surface area (Å²) >= 11 is 1.85. The highest BCUT2D eigenvalue weighted by molar-refractivity contribution is 7.10. The molecule has 0 bridgehead atoms. The van der Waals surface area contributed by atoms with Crippen molar-refractivity contribution in [1.82, 2.24) is 10.3 Å². The Hall–Kier alpha value is -2.99. The molecule has 1 saturated carbocycles. The predicted molar refractivity (Wildman–Crippen MR) is 134 cm³/mol. The molecule has 4 atom stereocenters. The van der Waals surface area contributed by atoms with Crippen molar-refractivity contribution < 1.29 is 13.9 Å². The van der Waals surface area contributed by atoms with Gasteiger partial charge >= 0.3 is 6.09 Å². The van der Waals surface area contributed by atoms with Crippen LogP contribution in [0.3, 0.4) is 0 Å². The van der Waals surface area contributed by atoms with E-state index in [0.717, 1.165) is 42.5 Å². The third kappa shape index (κ3) is 4.92. The van der Waals surface area contributed by atoms with Crippen molar-refractivity contribution in [2.45, 2.75) is 44.6 Å². The molecule has 1 amide bonds. The number of benzene rings is 1. The van der Waals surface area contributed by atoms with Crippen LogP contribution in [0.5, 0.6) is 0 Å². The number of alkyl carbamates (subject to hydrolysis) is 1. The normalized spacial score (nSPS) is 23.8. The molecule has 0 radical (unpaired) electrons. The van der Waals surface area contributed by atoms with E-state index in [2.05, 4.69) is 33.9 Å². The first-order chi connectivity index (χ1) is 16.6. The fourth-order valence-electron chi connectivity index (χ4n) is 5.53. The summed E-state index contributed by atoms with van der Waals surface area (Å²) in [6.07, 6.45) is 10.1. The highest BCUT2D eigenvalue weighted by Gasteiger charge is 2.40. The lowest BCUT2D eigenvalue weighted by Crippen LogP contribution is -2.43. The number of nitrogens with zero attached hydrogens (tertiary/aromatic N) is 1. The maximum Gasteiger partial charge on any atom is 0.407 e. The first-order valence-corrected chi connectivity index (χ1v) is 12.9. The van der Waals surface area contributed by atoms with Gasteiger partial charge in [0.25, 0.3) is 0 Å². The molecule has 34 heavy (non-hydrogen) atoms. The van der Waals surface area contributed by atoms with Crippen LogP contribution in [-0.2, 0) is 11.2 Å². The fourth-order valence-corrected chi connectivity index (χ4v) is 6.62.